The predicted octanol–water partition coefficient (Wildman–Crippen LogP) is 4.60. The second-order valence-electron chi connectivity index (χ2n) is 3.43. The number of anilines is 2. The molecule has 1 aromatic heterocycles. The summed E-state index contributed by atoms with van der Waals surface area (Å²) >= 11 is 15.4. The van der Waals surface area contributed by atoms with Gasteiger partial charge in [-0.2, -0.15) is 0 Å². The van der Waals surface area contributed by atoms with Crippen LogP contribution in [0.5, 0.6) is 0 Å². The van der Waals surface area contributed by atoms with Crippen LogP contribution in [0.1, 0.15) is 5.56 Å². The first-order valence-electron chi connectivity index (χ1n) is 4.76. The van der Waals surface area contributed by atoms with Gasteiger partial charge in [0.05, 0.1) is 15.2 Å². The SMILES string of the molecule is Cc1cc(Cl)c(Nc2ncc(Br)cn2)cc1Cl. The molecule has 0 fully saturated rings. The molecule has 1 aromatic carbocycles. The van der Waals surface area contributed by atoms with Gasteiger partial charge in [-0.05, 0) is 40.5 Å². The molecule has 2 aromatic rings. The zero-order chi connectivity index (χ0) is 12.4. The third kappa shape index (κ3) is 3.09. The minimum atomic E-state index is 0.468. The quantitative estimate of drug-likeness (QED) is 0.873. The molecular weight excluding hydrogens is 325 g/mol. The van der Waals surface area contributed by atoms with Crippen molar-refractivity contribution in [1.29, 1.82) is 0 Å². The van der Waals surface area contributed by atoms with Crippen molar-refractivity contribution in [2.24, 2.45) is 0 Å². The maximum atomic E-state index is 6.10. The zero-order valence-corrected chi connectivity index (χ0v) is 11.9. The molecule has 17 heavy (non-hydrogen) atoms. The van der Waals surface area contributed by atoms with E-state index in [4.69, 9.17) is 23.2 Å². The Hall–Kier alpha value is -0.840. The molecule has 0 saturated heterocycles. The Labute approximate surface area is 117 Å². The standard InChI is InChI=1S/C11H8BrCl2N3/c1-6-2-9(14)10(3-8(6)13)17-11-15-4-7(12)5-16-11/h2-5H,1H3,(H,15,16,17). The van der Waals surface area contributed by atoms with Gasteiger partial charge in [-0.15, -0.1) is 0 Å². The lowest BCUT2D eigenvalue weighted by Crippen LogP contribution is -1.97. The van der Waals surface area contributed by atoms with E-state index < -0.39 is 0 Å². The van der Waals surface area contributed by atoms with Crippen molar-refractivity contribution >= 4 is 50.8 Å². The van der Waals surface area contributed by atoms with Crippen molar-refractivity contribution < 1.29 is 0 Å². The molecule has 0 aliphatic rings. The van der Waals surface area contributed by atoms with Crippen molar-refractivity contribution in [3.63, 3.8) is 0 Å². The summed E-state index contributed by atoms with van der Waals surface area (Å²) in [6.07, 6.45) is 3.30. The molecule has 6 heteroatoms. The lowest BCUT2D eigenvalue weighted by Gasteiger charge is -2.08. The number of aryl methyl sites for hydroxylation is 1. The summed E-state index contributed by atoms with van der Waals surface area (Å²) in [4.78, 5) is 8.19. The molecule has 88 valence electrons. The van der Waals surface area contributed by atoms with Crippen LogP contribution in [0.3, 0.4) is 0 Å². The van der Waals surface area contributed by atoms with Crippen molar-refractivity contribution in [3.05, 3.63) is 44.6 Å². The molecule has 2 rings (SSSR count). The first-order valence-corrected chi connectivity index (χ1v) is 6.31. The monoisotopic (exact) mass is 331 g/mol. The zero-order valence-electron chi connectivity index (χ0n) is 8.84. The number of nitrogens with one attached hydrogen (secondary N) is 1. The number of hydrogen-bond acceptors (Lipinski definition) is 3. The van der Waals surface area contributed by atoms with Gasteiger partial charge in [0.15, 0.2) is 0 Å². The van der Waals surface area contributed by atoms with Crippen molar-refractivity contribution in [2.45, 2.75) is 6.92 Å². The summed E-state index contributed by atoms with van der Waals surface area (Å²) in [6.45, 7) is 1.90. The van der Waals surface area contributed by atoms with Crippen LogP contribution in [-0.2, 0) is 0 Å². The van der Waals surface area contributed by atoms with Gasteiger partial charge in [0.25, 0.3) is 0 Å². The number of benzene rings is 1. The van der Waals surface area contributed by atoms with Gasteiger partial charge in [0.1, 0.15) is 0 Å². The highest BCUT2D eigenvalue weighted by Gasteiger charge is 2.06. The van der Waals surface area contributed by atoms with Crippen LogP contribution in [0, 0.1) is 6.92 Å². The fraction of sp³-hybridized carbons (Fsp3) is 0.0909. The highest BCUT2D eigenvalue weighted by Crippen LogP contribution is 2.30. The first kappa shape index (κ1) is 12.6. The lowest BCUT2D eigenvalue weighted by atomic mass is 10.2. The molecule has 0 aliphatic carbocycles. The summed E-state index contributed by atoms with van der Waals surface area (Å²) in [5.41, 5.74) is 1.61. The molecule has 0 unspecified atom stereocenters. The fourth-order valence-electron chi connectivity index (χ4n) is 1.24. The van der Waals surface area contributed by atoms with E-state index in [1.807, 2.05) is 6.92 Å². The number of hydrogen-bond donors (Lipinski definition) is 1. The third-order valence-electron chi connectivity index (χ3n) is 2.12. The van der Waals surface area contributed by atoms with Crippen LogP contribution in [0.25, 0.3) is 0 Å². The van der Waals surface area contributed by atoms with Crippen molar-refractivity contribution in [3.8, 4) is 0 Å². The van der Waals surface area contributed by atoms with Gasteiger partial charge in [-0.3, -0.25) is 0 Å². The number of rotatable bonds is 2. The van der Waals surface area contributed by atoms with Crippen molar-refractivity contribution in [2.75, 3.05) is 5.32 Å². The second kappa shape index (κ2) is 5.21. The lowest BCUT2D eigenvalue weighted by molar-refractivity contribution is 1.15. The average molecular weight is 333 g/mol. The fourth-order valence-corrected chi connectivity index (χ4v) is 1.87. The van der Waals surface area contributed by atoms with Crippen molar-refractivity contribution in [1.82, 2.24) is 9.97 Å². The maximum Gasteiger partial charge on any atom is 0.227 e. The van der Waals surface area contributed by atoms with E-state index in [0.717, 1.165) is 10.0 Å². The Morgan fingerprint density at radius 2 is 1.76 bits per heavy atom. The molecule has 3 nitrogen and oxygen atoms in total. The van der Waals surface area contributed by atoms with Gasteiger partial charge in [-0.1, -0.05) is 23.2 Å². The molecule has 1 heterocycles. The van der Waals surface area contributed by atoms with Gasteiger partial charge < -0.3 is 5.32 Å². The normalized spacial score (nSPS) is 10.4. The Morgan fingerprint density at radius 3 is 2.41 bits per heavy atom. The molecule has 1 N–H and O–H groups in total. The van der Waals surface area contributed by atoms with E-state index in [2.05, 4.69) is 31.2 Å². The molecule has 0 atom stereocenters. The minimum absolute atomic E-state index is 0.468. The summed E-state index contributed by atoms with van der Waals surface area (Å²) in [7, 11) is 0. The van der Waals surface area contributed by atoms with E-state index in [-0.39, 0.29) is 0 Å². The van der Waals surface area contributed by atoms with Crippen LogP contribution < -0.4 is 5.32 Å². The summed E-state index contributed by atoms with van der Waals surface area (Å²) in [5.74, 6) is 0.468. The molecule has 0 aliphatic heterocycles. The predicted molar refractivity (Wildman–Crippen MR) is 74.2 cm³/mol. The van der Waals surface area contributed by atoms with Gasteiger partial charge in [0.2, 0.25) is 5.95 Å². The second-order valence-corrected chi connectivity index (χ2v) is 5.16. The van der Waals surface area contributed by atoms with Crippen LogP contribution in [0.15, 0.2) is 29.0 Å². The maximum absolute atomic E-state index is 6.10. The molecule has 0 bridgehead atoms. The smallest absolute Gasteiger partial charge is 0.227 e. The first-order chi connectivity index (χ1) is 8.06. The Balaban J connectivity index is 2.30. The molecular formula is C11H8BrCl2N3. The molecule has 0 radical (unpaired) electrons. The van der Waals surface area contributed by atoms with E-state index in [9.17, 15) is 0 Å². The summed E-state index contributed by atoms with van der Waals surface area (Å²) in [6, 6.07) is 3.55. The highest BCUT2D eigenvalue weighted by molar-refractivity contribution is 9.10. The molecule has 0 saturated carbocycles. The van der Waals surface area contributed by atoms with E-state index in [1.165, 1.54) is 0 Å². The number of halogens is 3. The van der Waals surface area contributed by atoms with Gasteiger partial charge >= 0.3 is 0 Å². The van der Waals surface area contributed by atoms with Crippen LogP contribution in [0.4, 0.5) is 11.6 Å². The van der Waals surface area contributed by atoms with E-state index >= 15 is 0 Å². The highest BCUT2D eigenvalue weighted by atomic mass is 79.9. The van der Waals surface area contributed by atoms with Crippen LogP contribution in [-0.4, -0.2) is 9.97 Å². The Kier molecular flexibility index (Phi) is 3.86. The molecule has 0 amide bonds. The topological polar surface area (TPSA) is 37.8 Å². The average Bonchev–Trinajstić information content (AvgIpc) is 2.29. The largest absolute Gasteiger partial charge is 0.323 e. The molecule has 0 spiro atoms. The van der Waals surface area contributed by atoms with Gasteiger partial charge in [-0.25, -0.2) is 9.97 Å². The minimum Gasteiger partial charge on any atom is -0.323 e. The summed E-state index contributed by atoms with van der Waals surface area (Å²) in [5, 5.41) is 4.24. The van der Waals surface area contributed by atoms with Gasteiger partial charge in [0, 0.05) is 17.4 Å². The summed E-state index contributed by atoms with van der Waals surface area (Å²) < 4.78 is 0.816. The number of aromatic nitrogens is 2. The Morgan fingerprint density at radius 1 is 1.12 bits per heavy atom. The van der Waals surface area contributed by atoms with E-state index in [1.54, 1.807) is 24.5 Å². The van der Waals surface area contributed by atoms with E-state index in [0.29, 0.717) is 21.7 Å². The number of nitrogens with zero attached hydrogens (tertiary/aromatic N) is 2. The Bertz CT molecular complexity index is 543. The van der Waals surface area contributed by atoms with Crippen LogP contribution in [0.2, 0.25) is 10.0 Å². The van der Waals surface area contributed by atoms with Crippen LogP contribution >= 0.6 is 39.1 Å². The third-order valence-corrected chi connectivity index (χ3v) is 3.24.